The fourth-order valence-electron chi connectivity index (χ4n) is 1.13. The molecule has 0 amide bonds. The first kappa shape index (κ1) is 11.8. The molecule has 16 heavy (non-hydrogen) atoms. The van der Waals surface area contributed by atoms with Crippen LogP contribution in [0.5, 0.6) is 0 Å². The van der Waals surface area contributed by atoms with Crippen molar-refractivity contribution in [3.8, 4) is 0 Å². The zero-order chi connectivity index (χ0) is 11.5. The highest BCUT2D eigenvalue weighted by Crippen LogP contribution is 2.32. The van der Waals surface area contributed by atoms with Gasteiger partial charge in [0.15, 0.2) is 11.0 Å². The summed E-state index contributed by atoms with van der Waals surface area (Å²) in [7, 11) is 0. The lowest BCUT2D eigenvalue weighted by Crippen LogP contribution is -1.96. The summed E-state index contributed by atoms with van der Waals surface area (Å²) >= 11 is 12.6. The third kappa shape index (κ3) is 2.72. The van der Waals surface area contributed by atoms with Crippen molar-refractivity contribution in [2.75, 3.05) is 5.32 Å². The molecule has 1 N–H and O–H groups in total. The Balaban J connectivity index is 2.30. The van der Waals surface area contributed by atoms with Gasteiger partial charge in [0, 0.05) is 8.95 Å². The van der Waals surface area contributed by atoms with Crippen molar-refractivity contribution >= 4 is 55.0 Å². The van der Waals surface area contributed by atoms with E-state index >= 15 is 0 Å². The summed E-state index contributed by atoms with van der Waals surface area (Å²) in [6.07, 6.45) is 0. The molecule has 0 atom stereocenters. The van der Waals surface area contributed by atoms with Crippen LogP contribution in [0.1, 0.15) is 0 Å². The zero-order valence-electron chi connectivity index (χ0n) is 7.92. The number of nitrogens with zero attached hydrogens (tertiary/aromatic N) is 2. The minimum absolute atomic E-state index is 0.372. The van der Waals surface area contributed by atoms with Crippen LogP contribution in [0.25, 0.3) is 0 Å². The van der Waals surface area contributed by atoms with Gasteiger partial charge < -0.3 is 5.32 Å². The second-order valence-electron chi connectivity index (χ2n) is 2.96. The minimum Gasteiger partial charge on any atom is -0.337 e. The second kappa shape index (κ2) is 5.12. The average Bonchev–Trinajstić information content (AvgIpc) is 2.26. The van der Waals surface area contributed by atoms with E-state index < -0.39 is 0 Å². The van der Waals surface area contributed by atoms with E-state index in [9.17, 15) is 0 Å². The summed E-state index contributed by atoms with van der Waals surface area (Å²) < 4.78 is 1.89. The molecule has 0 aliphatic carbocycles. The Morgan fingerprint density at radius 2 is 1.69 bits per heavy atom. The van der Waals surface area contributed by atoms with Crippen LogP contribution in [0, 0.1) is 0 Å². The lowest BCUT2D eigenvalue weighted by Gasteiger charge is -2.08. The first-order valence-electron chi connectivity index (χ1n) is 4.37. The Bertz CT molecular complexity index is 482. The molecule has 6 heteroatoms. The number of rotatable bonds is 2. The summed E-state index contributed by atoms with van der Waals surface area (Å²) in [5.74, 6) is 0.636. The first-order valence-corrected chi connectivity index (χ1v) is 6.33. The van der Waals surface area contributed by atoms with E-state index in [1.165, 1.54) is 0 Å². The van der Waals surface area contributed by atoms with Gasteiger partial charge >= 0.3 is 0 Å². The summed E-state index contributed by atoms with van der Waals surface area (Å²) in [4.78, 5) is 0. The van der Waals surface area contributed by atoms with E-state index in [1.54, 1.807) is 12.1 Å². The summed E-state index contributed by atoms with van der Waals surface area (Å²) in [6, 6.07) is 9.27. The Kier molecular flexibility index (Phi) is 3.78. The molecule has 3 nitrogen and oxygen atoms in total. The van der Waals surface area contributed by atoms with E-state index in [0.717, 1.165) is 14.6 Å². The third-order valence-corrected chi connectivity index (χ3v) is 3.37. The van der Waals surface area contributed by atoms with E-state index in [0.29, 0.717) is 11.0 Å². The average molecular weight is 363 g/mol. The quantitative estimate of drug-likeness (QED) is 0.859. The smallest absolute Gasteiger partial charge is 0.153 e. The number of aromatic nitrogens is 2. The van der Waals surface area contributed by atoms with Gasteiger partial charge in [-0.05, 0) is 56.1 Å². The number of anilines is 2. The summed E-state index contributed by atoms with van der Waals surface area (Å²) in [6.45, 7) is 0. The van der Waals surface area contributed by atoms with Gasteiger partial charge in [0.1, 0.15) is 0 Å². The third-order valence-electron chi connectivity index (χ3n) is 1.85. The number of para-hydroxylation sites is 1. The lowest BCUT2D eigenvalue weighted by molar-refractivity contribution is 1.04. The van der Waals surface area contributed by atoms with Gasteiger partial charge in [0.05, 0.1) is 5.69 Å². The van der Waals surface area contributed by atoms with Crippen LogP contribution in [0.2, 0.25) is 5.15 Å². The maximum atomic E-state index is 5.66. The van der Waals surface area contributed by atoms with Crippen LogP contribution in [-0.4, -0.2) is 10.2 Å². The maximum absolute atomic E-state index is 5.66. The summed E-state index contributed by atoms with van der Waals surface area (Å²) in [5, 5.41) is 11.2. The largest absolute Gasteiger partial charge is 0.337 e. The van der Waals surface area contributed by atoms with Crippen LogP contribution >= 0.6 is 43.5 Å². The molecule has 0 unspecified atom stereocenters. The van der Waals surface area contributed by atoms with Crippen molar-refractivity contribution in [2.24, 2.45) is 0 Å². The lowest BCUT2D eigenvalue weighted by atomic mass is 10.3. The molecule has 1 aromatic heterocycles. The highest BCUT2D eigenvalue weighted by molar-refractivity contribution is 9.11. The molecule has 82 valence electrons. The van der Waals surface area contributed by atoms with Crippen LogP contribution in [0.15, 0.2) is 39.3 Å². The van der Waals surface area contributed by atoms with Gasteiger partial charge in [0.25, 0.3) is 0 Å². The van der Waals surface area contributed by atoms with Crippen molar-refractivity contribution in [3.63, 3.8) is 0 Å². The van der Waals surface area contributed by atoms with Gasteiger partial charge in [-0.25, -0.2) is 0 Å². The first-order chi connectivity index (χ1) is 7.66. The molecule has 0 spiro atoms. The molecular formula is C10H6Br2ClN3. The van der Waals surface area contributed by atoms with Crippen LogP contribution in [-0.2, 0) is 0 Å². The highest BCUT2D eigenvalue weighted by Gasteiger charge is 2.05. The molecule has 0 saturated heterocycles. The molecule has 1 aromatic carbocycles. The number of hydrogen-bond acceptors (Lipinski definition) is 3. The maximum Gasteiger partial charge on any atom is 0.153 e. The SMILES string of the molecule is Clc1ccc(Nc2c(Br)cccc2Br)nn1. The molecule has 0 aliphatic heterocycles. The number of benzene rings is 1. The molecule has 0 radical (unpaired) electrons. The topological polar surface area (TPSA) is 37.8 Å². The van der Waals surface area contributed by atoms with Gasteiger partial charge in [-0.15, -0.1) is 10.2 Å². The zero-order valence-corrected chi connectivity index (χ0v) is 11.8. The molecule has 0 aliphatic rings. The van der Waals surface area contributed by atoms with Crippen molar-refractivity contribution in [2.45, 2.75) is 0 Å². The molecule has 2 aromatic rings. The minimum atomic E-state index is 0.372. The molecule has 0 fully saturated rings. The van der Waals surface area contributed by atoms with Crippen molar-refractivity contribution in [3.05, 3.63) is 44.4 Å². The molecular weight excluding hydrogens is 357 g/mol. The van der Waals surface area contributed by atoms with E-state index in [-0.39, 0.29) is 0 Å². The van der Waals surface area contributed by atoms with Crippen LogP contribution < -0.4 is 5.32 Å². The monoisotopic (exact) mass is 361 g/mol. The molecule has 1 heterocycles. The van der Waals surface area contributed by atoms with Crippen LogP contribution in [0.4, 0.5) is 11.5 Å². The molecule has 0 saturated carbocycles. The Labute approximate surface area is 114 Å². The highest BCUT2D eigenvalue weighted by atomic mass is 79.9. The Hall–Kier alpha value is -0.650. The van der Waals surface area contributed by atoms with Crippen molar-refractivity contribution < 1.29 is 0 Å². The predicted octanol–water partition coefficient (Wildman–Crippen LogP) is 4.40. The molecule has 2 rings (SSSR count). The van der Waals surface area contributed by atoms with Gasteiger partial charge in [-0.3, -0.25) is 0 Å². The van der Waals surface area contributed by atoms with Crippen molar-refractivity contribution in [1.29, 1.82) is 0 Å². The van der Waals surface area contributed by atoms with Gasteiger partial charge in [-0.1, -0.05) is 17.7 Å². The van der Waals surface area contributed by atoms with E-state index in [1.807, 2.05) is 18.2 Å². The second-order valence-corrected chi connectivity index (χ2v) is 5.06. The number of halogens is 3. The number of hydrogen-bond donors (Lipinski definition) is 1. The van der Waals surface area contributed by atoms with E-state index in [2.05, 4.69) is 47.4 Å². The standard InChI is InChI=1S/C10H6Br2ClN3/c11-6-2-1-3-7(12)10(6)14-9-5-4-8(13)15-16-9/h1-5H,(H,14,16). The Morgan fingerprint density at radius 3 is 2.25 bits per heavy atom. The van der Waals surface area contributed by atoms with Gasteiger partial charge in [0.2, 0.25) is 0 Å². The Morgan fingerprint density at radius 1 is 1.00 bits per heavy atom. The fourth-order valence-corrected chi connectivity index (χ4v) is 2.43. The number of nitrogens with one attached hydrogen (secondary N) is 1. The predicted molar refractivity (Wildman–Crippen MR) is 72.2 cm³/mol. The van der Waals surface area contributed by atoms with E-state index in [4.69, 9.17) is 11.6 Å². The van der Waals surface area contributed by atoms with Crippen LogP contribution in [0.3, 0.4) is 0 Å². The normalized spacial score (nSPS) is 10.2. The molecule has 0 bridgehead atoms. The summed E-state index contributed by atoms with van der Waals surface area (Å²) in [5.41, 5.74) is 0.902. The fraction of sp³-hybridized carbons (Fsp3) is 0. The van der Waals surface area contributed by atoms with Gasteiger partial charge in [-0.2, -0.15) is 0 Å². The van der Waals surface area contributed by atoms with Crippen molar-refractivity contribution in [1.82, 2.24) is 10.2 Å².